The van der Waals surface area contributed by atoms with E-state index in [0.29, 0.717) is 41.5 Å². The molecule has 0 unspecified atom stereocenters. The number of hydrogen-bond acceptors (Lipinski definition) is 4. The van der Waals surface area contributed by atoms with Gasteiger partial charge in [-0.3, -0.25) is 4.79 Å². The third-order valence-electron chi connectivity index (χ3n) is 3.74. The maximum atomic E-state index is 12.5. The van der Waals surface area contributed by atoms with Crippen LogP contribution in [0.3, 0.4) is 0 Å². The number of carbonyl (C=O) groups is 1. The SMILES string of the molecule is CCCCC(=O)N(Cc1ccco1)Cc1nc2cc(Cl)ccc2o1. The summed E-state index contributed by atoms with van der Waals surface area (Å²) in [6, 6.07) is 8.95. The number of aromatic nitrogens is 1. The molecule has 0 aliphatic rings. The van der Waals surface area contributed by atoms with Gasteiger partial charge < -0.3 is 13.7 Å². The van der Waals surface area contributed by atoms with Crippen LogP contribution in [-0.4, -0.2) is 15.8 Å². The van der Waals surface area contributed by atoms with Gasteiger partial charge in [-0.05, 0) is 36.8 Å². The van der Waals surface area contributed by atoms with Crippen LogP contribution >= 0.6 is 11.6 Å². The van der Waals surface area contributed by atoms with Gasteiger partial charge in [-0.2, -0.15) is 0 Å². The van der Waals surface area contributed by atoms with Crippen LogP contribution in [-0.2, 0) is 17.9 Å². The molecule has 5 nitrogen and oxygen atoms in total. The van der Waals surface area contributed by atoms with Crippen LogP contribution < -0.4 is 0 Å². The number of hydrogen-bond donors (Lipinski definition) is 0. The minimum atomic E-state index is 0.0635. The van der Waals surface area contributed by atoms with Crippen LogP contribution in [0.25, 0.3) is 11.1 Å². The van der Waals surface area contributed by atoms with Crippen molar-refractivity contribution in [3.63, 3.8) is 0 Å². The molecule has 0 saturated carbocycles. The van der Waals surface area contributed by atoms with Gasteiger partial charge in [0.25, 0.3) is 0 Å². The van der Waals surface area contributed by atoms with Gasteiger partial charge in [0.2, 0.25) is 11.8 Å². The fourth-order valence-corrected chi connectivity index (χ4v) is 2.65. The molecule has 0 aliphatic heterocycles. The van der Waals surface area contributed by atoms with Crippen molar-refractivity contribution in [1.82, 2.24) is 9.88 Å². The number of halogens is 1. The second-order valence-corrected chi connectivity index (χ2v) is 6.09. The van der Waals surface area contributed by atoms with Crippen LogP contribution in [0.5, 0.6) is 0 Å². The normalized spacial score (nSPS) is 11.1. The van der Waals surface area contributed by atoms with E-state index >= 15 is 0 Å². The highest BCUT2D eigenvalue weighted by Crippen LogP contribution is 2.21. The Balaban J connectivity index is 1.79. The highest BCUT2D eigenvalue weighted by molar-refractivity contribution is 6.31. The standard InChI is InChI=1S/C18H19ClN2O3/c1-2-3-6-18(22)21(11-14-5-4-9-23-14)12-17-20-15-10-13(19)7-8-16(15)24-17/h4-5,7-10H,2-3,6,11-12H2,1H3. The number of benzene rings is 1. The highest BCUT2D eigenvalue weighted by Gasteiger charge is 2.18. The number of fused-ring (bicyclic) bond motifs is 1. The predicted octanol–water partition coefficient (Wildman–Crippen LogP) is 4.79. The minimum Gasteiger partial charge on any atom is -0.467 e. The van der Waals surface area contributed by atoms with Gasteiger partial charge in [-0.1, -0.05) is 24.9 Å². The smallest absolute Gasteiger partial charge is 0.223 e. The Bertz CT molecular complexity index is 811. The quantitative estimate of drug-likeness (QED) is 0.617. The van der Waals surface area contributed by atoms with Crippen LogP contribution in [0.2, 0.25) is 5.02 Å². The third-order valence-corrected chi connectivity index (χ3v) is 3.98. The zero-order valence-corrected chi connectivity index (χ0v) is 14.3. The molecule has 0 radical (unpaired) electrons. The molecule has 0 fully saturated rings. The Kier molecular flexibility index (Phi) is 5.20. The van der Waals surface area contributed by atoms with E-state index in [9.17, 15) is 4.79 Å². The average Bonchev–Trinajstić information content (AvgIpc) is 3.20. The van der Waals surface area contributed by atoms with Crippen molar-refractivity contribution < 1.29 is 13.6 Å². The molecule has 0 N–H and O–H groups in total. The number of carbonyl (C=O) groups excluding carboxylic acids is 1. The summed E-state index contributed by atoms with van der Waals surface area (Å²) in [5.74, 6) is 1.29. The number of rotatable bonds is 7. The van der Waals surface area contributed by atoms with Gasteiger partial charge in [-0.15, -0.1) is 0 Å². The van der Waals surface area contributed by atoms with E-state index in [-0.39, 0.29) is 5.91 Å². The molecule has 2 aromatic heterocycles. The second-order valence-electron chi connectivity index (χ2n) is 5.65. The third kappa shape index (κ3) is 3.97. The Morgan fingerprint density at radius 3 is 2.92 bits per heavy atom. The Labute approximate surface area is 145 Å². The van der Waals surface area contributed by atoms with Gasteiger partial charge in [0.15, 0.2) is 5.58 Å². The van der Waals surface area contributed by atoms with Gasteiger partial charge in [0, 0.05) is 11.4 Å². The average molecular weight is 347 g/mol. The van der Waals surface area contributed by atoms with E-state index in [0.717, 1.165) is 18.6 Å². The lowest BCUT2D eigenvalue weighted by Crippen LogP contribution is -2.29. The fraction of sp³-hybridized carbons (Fsp3) is 0.333. The largest absolute Gasteiger partial charge is 0.467 e. The molecule has 2 heterocycles. The Morgan fingerprint density at radius 2 is 2.17 bits per heavy atom. The van der Waals surface area contributed by atoms with Crippen LogP contribution in [0, 0.1) is 0 Å². The number of oxazole rings is 1. The Hall–Kier alpha value is -2.27. The van der Waals surface area contributed by atoms with E-state index in [1.165, 1.54) is 0 Å². The maximum absolute atomic E-state index is 12.5. The fourth-order valence-electron chi connectivity index (χ4n) is 2.49. The van der Waals surface area contributed by atoms with Crippen molar-refractivity contribution in [2.75, 3.05) is 0 Å². The number of furan rings is 1. The molecule has 24 heavy (non-hydrogen) atoms. The molecular weight excluding hydrogens is 328 g/mol. The molecule has 6 heteroatoms. The topological polar surface area (TPSA) is 59.5 Å². The van der Waals surface area contributed by atoms with Gasteiger partial charge in [-0.25, -0.2) is 4.98 Å². The molecule has 1 amide bonds. The van der Waals surface area contributed by atoms with Gasteiger partial charge >= 0.3 is 0 Å². The summed E-state index contributed by atoms with van der Waals surface area (Å²) in [5, 5.41) is 0.605. The molecule has 0 saturated heterocycles. The molecule has 0 atom stereocenters. The first-order valence-corrected chi connectivity index (χ1v) is 8.38. The second kappa shape index (κ2) is 7.53. The van der Waals surface area contributed by atoms with Crippen LogP contribution in [0.15, 0.2) is 45.4 Å². The van der Waals surface area contributed by atoms with E-state index in [1.807, 2.05) is 12.1 Å². The molecule has 3 aromatic rings. The van der Waals surface area contributed by atoms with Crippen molar-refractivity contribution in [3.8, 4) is 0 Å². The number of unbranched alkanes of at least 4 members (excludes halogenated alkanes) is 1. The zero-order valence-electron chi connectivity index (χ0n) is 13.5. The summed E-state index contributed by atoms with van der Waals surface area (Å²) in [6.07, 6.45) is 3.94. The summed E-state index contributed by atoms with van der Waals surface area (Å²) < 4.78 is 11.1. The molecule has 3 rings (SSSR count). The molecule has 126 valence electrons. The van der Waals surface area contributed by atoms with Crippen molar-refractivity contribution in [1.29, 1.82) is 0 Å². The van der Waals surface area contributed by atoms with E-state index in [4.69, 9.17) is 20.4 Å². The summed E-state index contributed by atoms with van der Waals surface area (Å²) in [5.41, 5.74) is 1.35. The zero-order chi connectivity index (χ0) is 16.9. The lowest BCUT2D eigenvalue weighted by atomic mass is 10.2. The van der Waals surface area contributed by atoms with E-state index in [1.54, 1.807) is 29.4 Å². The van der Waals surface area contributed by atoms with Crippen LogP contribution in [0.4, 0.5) is 0 Å². The van der Waals surface area contributed by atoms with Crippen molar-refractivity contribution in [3.05, 3.63) is 53.3 Å². The van der Waals surface area contributed by atoms with E-state index in [2.05, 4.69) is 11.9 Å². The molecular formula is C18H19ClN2O3. The van der Waals surface area contributed by atoms with Crippen molar-refractivity contribution >= 4 is 28.6 Å². The van der Waals surface area contributed by atoms with E-state index < -0.39 is 0 Å². The summed E-state index contributed by atoms with van der Waals surface area (Å²) in [6.45, 7) is 2.76. The van der Waals surface area contributed by atoms with Gasteiger partial charge in [0.05, 0.1) is 19.4 Å². The Morgan fingerprint density at radius 1 is 1.29 bits per heavy atom. The lowest BCUT2D eigenvalue weighted by molar-refractivity contribution is -0.133. The first kappa shape index (κ1) is 16.6. The van der Waals surface area contributed by atoms with Crippen molar-refractivity contribution in [2.45, 2.75) is 39.3 Å². The van der Waals surface area contributed by atoms with Gasteiger partial charge in [0.1, 0.15) is 11.3 Å². The lowest BCUT2D eigenvalue weighted by Gasteiger charge is -2.20. The molecule has 1 aromatic carbocycles. The first-order valence-electron chi connectivity index (χ1n) is 8.01. The summed E-state index contributed by atoms with van der Waals surface area (Å²) in [7, 11) is 0. The molecule has 0 spiro atoms. The molecule has 0 bridgehead atoms. The number of amides is 1. The first-order chi connectivity index (χ1) is 11.7. The molecule has 0 aliphatic carbocycles. The van der Waals surface area contributed by atoms with Crippen LogP contribution in [0.1, 0.15) is 37.8 Å². The monoisotopic (exact) mass is 346 g/mol. The highest BCUT2D eigenvalue weighted by atomic mass is 35.5. The minimum absolute atomic E-state index is 0.0635. The summed E-state index contributed by atoms with van der Waals surface area (Å²) >= 11 is 5.98. The predicted molar refractivity (Wildman–Crippen MR) is 91.5 cm³/mol. The maximum Gasteiger partial charge on any atom is 0.223 e. The van der Waals surface area contributed by atoms with Crippen molar-refractivity contribution in [2.24, 2.45) is 0 Å². The number of nitrogens with zero attached hydrogens (tertiary/aromatic N) is 2. The summed E-state index contributed by atoms with van der Waals surface area (Å²) in [4.78, 5) is 18.6.